The van der Waals surface area contributed by atoms with Gasteiger partial charge in [-0.2, -0.15) is 13.2 Å². The highest BCUT2D eigenvalue weighted by Crippen LogP contribution is 2.27. The molecule has 0 bridgehead atoms. The lowest BCUT2D eigenvalue weighted by atomic mass is 10.0. The first-order valence-corrected chi connectivity index (χ1v) is 14.6. The number of benzene rings is 2. The van der Waals surface area contributed by atoms with Gasteiger partial charge in [0, 0.05) is 22.2 Å². The van der Waals surface area contributed by atoms with Crippen LogP contribution in [0.4, 0.5) is 18.3 Å². The molecule has 1 saturated heterocycles. The molecule has 1 fully saturated rings. The SMILES string of the molecule is O=C(/C=C/[C@H](CCc1ccccc1)NC(=O)[C@@H]1CCCCN1)Nc1nnc(-c2ccc(Br)cc2)s1.O=C(O)C(F)(F)F. The molecule has 4 rings (SSSR count). The summed E-state index contributed by atoms with van der Waals surface area (Å²) in [6.45, 7) is 0.856. The van der Waals surface area contributed by atoms with E-state index in [4.69, 9.17) is 9.90 Å². The molecule has 1 aromatic heterocycles. The number of anilines is 1. The van der Waals surface area contributed by atoms with Crippen LogP contribution in [0.5, 0.6) is 0 Å². The van der Waals surface area contributed by atoms with E-state index in [2.05, 4.69) is 54.2 Å². The molecule has 0 aliphatic carbocycles. The predicted octanol–water partition coefficient (Wildman–Crippen LogP) is 5.36. The minimum absolute atomic E-state index is 0.0175. The zero-order valence-electron chi connectivity index (χ0n) is 22.2. The number of nitrogens with zero attached hydrogens (tertiary/aromatic N) is 2. The van der Waals surface area contributed by atoms with Gasteiger partial charge in [-0.25, -0.2) is 4.79 Å². The molecule has 2 amide bonds. The summed E-state index contributed by atoms with van der Waals surface area (Å²) >= 11 is 4.73. The van der Waals surface area contributed by atoms with Crippen LogP contribution < -0.4 is 16.0 Å². The van der Waals surface area contributed by atoms with Gasteiger partial charge in [0.15, 0.2) is 0 Å². The minimum Gasteiger partial charge on any atom is -0.475 e. The van der Waals surface area contributed by atoms with E-state index in [1.807, 2.05) is 42.5 Å². The van der Waals surface area contributed by atoms with E-state index in [9.17, 15) is 22.8 Å². The van der Waals surface area contributed by atoms with E-state index < -0.39 is 12.1 Å². The van der Waals surface area contributed by atoms with Crippen LogP contribution in [0, 0.1) is 0 Å². The van der Waals surface area contributed by atoms with Crippen LogP contribution in [0.3, 0.4) is 0 Å². The van der Waals surface area contributed by atoms with Gasteiger partial charge in [-0.1, -0.05) is 82.2 Å². The fourth-order valence-electron chi connectivity index (χ4n) is 3.88. The van der Waals surface area contributed by atoms with Gasteiger partial charge in [-0.15, -0.1) is 10.2 Å². The highest BCUT2D eigenvalue weighted by Gasteiger charge is 2.38. The van der Waals surface area contributed by atoms with Gasteiger partial charge in [0.05, 0.1) is 6.04 Å². The molecule has 14 heteroatoms. The van der Waals surface area contributed by atoms with Crippen LogP contribution in [-0.2, 0) is 20.8 Å². The summed E-state index contributed by atoms with van der Waals surface area (Å²) < 4.78 is 32.7. The van der Waals surface area contributed by atoms with Gasteiger partial charge in [0.1, 0.15) is 5.01 Å². The number of alkyl halides is 3. The summed E-state index contributed by atoms with van der Waals surface area (Å²) in [6, 6.07) is 17.4. The van der Waals surface area contributed by atoms with Crippen molar-refractivity contribution in [1.29, 1.82) is 0 Å². The lowest BCUT2D eigenvalue weighted by Gasteiger charge is -2.25. The number of nitrogens with one attached hydrogen (secondary N) is 3. The molecule has 2 atom stereocenters. The fourth-order valence-corrected chi connectivity index (χ4v) is 4.89. The summed E-state index contributed by atoms with van der Waals surface area (Å²) in [7, 11) is 0. The van der Waals surface area contributed by atoms with Crippen molar-refractivity contribution in [2.45, 2.75) is 50.4 Å². The molecule has 0 unspecified atom stereocenters. The van der Waals surface area contributed by atoms with Gasteiger partial charge < -0.3 is 15.7 Å². The Morgan fingerprint density at radius 1 is 1.10 bits per heavy atom. The molecule has 9 nitrogen and oxygen atoms in total. The third kappa shape index (κ3) is 11.3. The summed E-state index contributed by atoms with van der Waals surface area (Å²) in [4.78, 5) is 34.3. The standard InChI is InChI=1S/C26H28BrN5O2S.C2HF3O2/c27-20-12-10-19(11-13-20)25-31-32-26(35-25)30-23(33)16-15-21(14-9-18-6-2-1-3-7-18)29-24(34)22-8-4-5-17-28-22;3-2(4,5)1(6)7/h1-3,6-7,10-13,15-16,21-22,28H,4-5,8-9,14,17H2,(H,29,34)(H,30,32,33);(H,6,7)/b16-15+;/t21-,22-;/m0./s1. The normalized spacial score (nSPS) is 15.8. The first-order valence-electron chi connectivity index (χ1n) is 13.0. The van der Waals surface area contributed by atoms with Crippen LogP contribution in [-0.4, -0.2) is 57.9 Å². The number of carbonyl (C=O) groups is 3. The maximum absolute atomic E-state index is 12.8. The topological polar surface area (TPSA) is 133 Å². The van der Waals surface area contributed by atoms with Crippen LogP contribution in [0.1, 0.15) is 31.2 Å². The molecule has 0 radical (unpaired) electrons. The third-order valence-electron chi connectivity index (χ3n) is 6.01. The Morgan fingerprint density at radius 3 is 2.40 bits per heavy atom. The molecule has 224 valence electrons. The zero-order chi connectivity index (χ0) is 30.5. The van der Waals surface area contributed by atoms with Crippen molar-refractivity contribution in [3.05, 3.63) is 76.8 Å². The maximum atomic E-state index is 12.8. The Bertz CT molecular complexity index is 1350. The lowest BCUT2D eigenvalue weighted by Crippen LogP contribution is -2.49. The molecule has 4 N–H and O–H groups in total. The van der Waals surface area contributed by atoms with E-state index in [0.717, 1.165) is 47.3 Å². The van der Waals surface area contributed by atoms with Crippen LogP contribution in [0.15, 0.2) is 71.2 Å². The fraction of sp³-hybridized carbons (Fsp3) is 0.321. The first-order chi connectivity index (χ1) is 20.0. The number of halogens is 4. The monoisotopic (exact) mass is 667 g/mol. The molecule has 1 aliphatic rings. The number of carboxylic acids is 1. The second-order valence-corrected chi connectivity index (χ2v) is 11.1. The number of hydrogen-bond donors (Lipinski definition) is 4. The Morgan fingerprint density at radius 2 is 1.79 bits per heavy atom. The smallest absolute Gasteiger partial charge is 0.475 e. The number of amides is 2. The average Bonchev–Trinajstić information content (AvgIpc) is 3.44. The number of carboxylic acid groups (broad SMARTS) is 1. The second-order valence-electron chi connectivity index (χ2n) is 9.21. The van der Waals surface area contributed by atoms with Crippen LogP contribution >= 0.6 is 27.3 Å². The van der Waals surface area contributed by atoms with E-state index in [1.165, 1.54) is 23.0 Å². The van der Waals surface area contributed by atoms with E-state index in [1.54, 1.807) is 6.08 Å². The summed E-state index contributed by atoms with van der Waals surface area (Å²) in [5, 5.41) is 25.7. The Hall–Kier alpha value is -3.62. The number of carbonyl (C=O) groups excluding carboxylic acids is 2. The van der Waals surface area contributed by atoms with E-state index in [-0.39, 0.29) is 23.9 Å². The average molecular weight is 669 g/mol. The molecule has 2 aromatic carbocycles. The van der Waals surface area contributed by atoms with Crippen molar-refractivity contribution >= 4 is 50.2 Å². The van der Waals surface area contributed by atoms with Gasteiger partial charge in [0.25, 0.3) is 0 Å². The van der Waals surface area contributed by atoms with Crippen molar-refractivity contribution < 1.29 is 32.7 Å². The first kappa shape index (κ1) is 32.9. The number of aliphatic carboxylic acids is 1. The van der Waals surface area contributed by atoms with Crippen molar-refractivity contribution in [1.82, 2.24) is 20.8 Å². The Labute approximate surface area is 252 Å². The van der Waals surface area contributed by atoms with Crippen molar-refractivity contribution in [3.63, 3.8) is 0 Å². The molecule has 0 spiro atoms. The molecule has 0 saturated carbocycles. The van der Waals surface area contributed by atoms with Gasteiger partial charge in [-0.3, -0.25) is 14.9 Å². The Balaban J connectivity index is 0.000000616. The van der Waals surface area contributed by atoms with E-state index >= 15 is 0 Å². The number of hydrogen-bond acceptors (Lipinski definition) is 7. The van der Waals surface area contributed by atoms with Crippen molar-refractivity contribution in [2.24, 2.45) is 0 Å². The number of aromatic nitrogens is 2. The van der Waals surface area contributed by atoms with Gasteiger partial charge in [0.2, 0.25) is 16.9 Å². The van der Waals surface area contributed by atoms with E-state index in [0.29, 0.717) is 11.6 Å². The Kier molecular flexibility index (Phi) is 12.6. The lowest BCUT2D eigenvalue weighted by molar-refractivity contribution is -0.192. The zero-order valence-corrected chi connectivity index (χ0v) is 24.6. The molecule has 3 aromatic rings. The molecular weight excluding hydrogens is 639 g/mol. The molecule has 42 heavy (non-hydrogen) atoms. The predicted molar refractivity (Wildman–Crippen MR) is 157 cm³/mol. The molecule has 2 heterocycles. The van der Waals surface area contributed by atoms with Gasteiger partial charge in [-0.05, 0) is 49.9 Å². The van der Waals surface area contributed by atoms with Crippen LogP contribution in [0.2, 0.25) is 0 Å². The van der Waals surface area contributed by atoms with Crippen molar-refractivity contribution in [2.75, 3.05) is 11.9 Å². The summed E-state index contributed by atoms with van der Waals surface area (Å²) in [6.07, 6.45) is 2.60. The minimum atomic E-state index is -5.08. The second kappa shape index (κ2) is 16.1. The summed E-state index contributed by atoms with van der Waals surface area (Å²) in [5.74, 6) is -3.08. The largest absolute Gasteiger partial charge is 0.490 e. The molecular formula is C28H29BrF3N5O4S. The quantitative estimate of drug-likeness (QED) is 0.226. The maximum Gasteiger partial charge on any atom is 0.490 e. The highest BCUT2D eigenvalue weighted by atomic mass is 79.9. The summed E-state index contributed by atoms with van der Waals surface area (Å²) in [5.41, 5.74) is 2.12. The highest BCUT2D eigenvalue weighted by molar-refractivity contribution is 9.10. The van der Waals surface area contributed by atoms with Crippen molar-refractivity contribution in [3.8, 4) is 10.6 Å². The number of rotatable bonds is 9. The van der Waals surface area contributed by atoms with Crippen LogP contribution in [0.25, 0.3) is 10.6 Å². The third-order valence-corrected chi connectivity index (χ3v) is 7.43. The number of aryl methyl sites for hydroxylation is 1. The van der Waals surface area contributed by atoms with Gasteiger partial charge >= 0.3 is 12.1 Å². The number of piperidine rings is 1. The molecule has 1 aliphatic heterocycles.